The van der Waals surface area contributed by atoms with E-state index in [9.17, 15) is 39.5 Å². The lowest BCUT2D eigenvalue weighted by Crippen LogP contribution is -2.34. The molecule has 238 valence electrons. The number of likely N-dealkylation sites (tertiary alicyclic amines) is 1. The molecule has 0 bridgehead atoms. The van der Waals surface area contributed by atoms with Gasteiger partial charge in [0.05, 0.1) is 22.8 Å². The van der Waals surface area contributed by atoms with E-state index >= 15 is 0 Å². The van der Waals surface area contributed by atoms with E-state index in [0.29, 0.717) is 30.5 Å². The van der Waals surface area contributed by atoms with Crippen LogP contribution in [0.2, 0.25) is 0 Å². The van der Waals surface area contributed by atoms with Crippen molar-refractivity contribution in [2.45, 2.75) is 50.6 Å². The van der Waals surface area contributed by atoms with Crippen molar-refractivity contribution in [1.82, 2.24) is 9.80 Å². The molecule has 1 heterocycles. The number of hydrogen-bond acceptors (Lipinski definition) is 5. The molecule has 0 aromatic heterocycles. The van der Waals surface area contributed by atoms with Gasteiger partial charge in [-0.05, 0) is 85.9 Å². The third kappa shape index (κ3) is 8.81. The lowest BCUT2D eigenvalue weighted by molar-refractivity contribution is -0.143. The molecule has 1 saturated heterocycles. The van der Waals surface area contributed by atoms with Gasteiger partial charge in [0.15, 0.2) is 0 Å². The van der Waals surface area contributed by atoms with Crippen molar-refractivity contribution < 1.29 is 44.3 Å². The maximum absolute atomic E-state index is 13.8. The molecule has 0 aliphatic carbocycles. The highest BCUT2D eigenvalue weighted by molar-refractivity contribution is 5.80. The predicted molar refractivity (Wildman–Crippen MR) is 140 cm³/mol. The molecule has 0 saturated carbocycles. The molecule has 1 atom stereocenters. The number of benzene rings is 2. The highest BCUT2D eigenvalue weighted by Crippen LogP contribution is 2.39. The average molecular weight is 627 g/mol. The second-order valence-electron chi connectivity index (χ2n) is 10.2. The Bertz CT molecular complexity index is 1270. The molecule has 2 aromatic rings. The van der Waals surface area contributed by atoms with Crippen LogP contribution in [0.4, 0.5) is 39.5 Å². The van der Waals surface area contributed by atoms with E-state index < -0.39 is 65.9 Å². The van der Waals surface area contributed by atoms with Gasteiger partial charge in [0.1, 0.15) is 0 Å². The van der Waals surface area contributed by atoms with Crippen LogP contribution in [0.1, 0.15) is 52.3 Å². The molecule has 1 aliphatic heterocycles. The van der Waals surface area contributed by atoms with Crippen LogP contribution in [-0.2, 0) is 36.4 Å². The maximum Gasteiger partial charge on any atom is 0.416 e. The molecule has 0 radical (unpaired) electrons. The number of guanidine groups is 1. The Balaban J connectivity index is 2.15. The number of piperidine rings is 1. The number of methoxy groups -OCH3 is 1. The Labute approximate surface area is 242 Å². The average Bonchev–Trinajstić information content (AvgIpc) is 2.91. The van der Waals surface area contributed by atoms with E-state index in [2.05, 4.69) is 20.2 Å². The Morgan fingerprint density at radius 2 is 1.47 bits per heavy atom. The largest absolute Gasteiger partial charge is 0.416 e. The first kappa shape index (κ1) is 34.1. The summed E-state index contributed by atoms with van der Waals surface area (Å²) in [5.41, 5.74) is -4.15. The van der Waals surface area contributed by atoms with E-state index in [-0.39, 0.29) is 17.5 Å². The third-order valence-electron chi connectivity index (χ3n) is 7.19. The number of nitrogens with two attached hydrogens (primary N) is 1. The van der Waals surface area contributed by atoms with Crippen molar-refractivity contribution in [3.05, 3.63) is 69.8 Å². The van der Waals surface area contributed by atoms with Crippen LogP contribution in [-0.4, -0.2) is 50.1 Å². The summed E-state index contributed by atoms with van der Waals surface area (Å²) in [7, 11) is 4.57. The molecular formula is C27H31F9N6O. The molecule has 1 unspecified atom stereocenters. The second kappa shape index (κ2) is 13.5. The Morgan fingerprint density at radius 3 is 1.93 bits per heavy atom. The third-order valence-corrected chi connectivity index (χ3v) is 7.19. The summed E-state index contributed by atoms with van der Waals surface area (Å²) in [5, 5.41) is 10.7. The van der Waals surface area contributed by atoms with E-state index in [0.717, 1.165) is 30.1 Å². The fraction of sp³-hybridized carbons (Fsp3) is 0.519. The van der Waals surface area contributed by atoms with Gasteiger partial charge in [0, 0.05) is 27.2 Å². The van der Waals surface area contributed by atoms with Crippen LogP contribution >= 0.6 is 0 Å². The quantitative estimate of drug-likeness (QED) is 0.0890. The molecule has 43 heavy (non-hydrogen) atoms. The fourth-order valence-corrected chi connectivity index (χ4v) is 5.10. The molecule has 2 N–H and O–H groups in total. The van der Waals surface area contributed by atoms with Crippen LogP contribution in [0, 0.1) is 5.92 Å². The van der Waals surface area contributed by atoms with Gasteiger partial charge in [-0.25, -0.2) is 0 Å². The zero-order chi connectivity index (χ0) is 32.2. The van der Waals surface area contributed by atoms with Crippen molar-refractivity contribution in [2.24, 2.45) is 27.1 Å². The number of ether oxygens (including phenoxy) is 1. The van der Waals surface area contributed by atoms with E-state index in [1.54, 1.807) is 0 Å². The molecule has 16 heteroatoms. The number of rotatable bonds is 7. The number of hydrogen-bond donors (Lipinski definition) is 1. The van der Waals surface area contributed by atoms with E-state index in [4.69, 9.17) is 10.6 Å². The number of nitrogens with zero attached hydrogens (tertiary/aromatic N) is 5. The Kier molecular flexibility index (Phi) is 10.7. The summed E-state index contributed by atoms with van der Waals surface area (Å²) in [6.45, 7) is 0.303. The summed E-state index contributed by atoms with van der Waals surface area (Å²) in [6.07, 6.45) is -14.2. The number of alkyl halides is 9. The smallest absolute Gasteiger partial charge is 0.376 e. The van der Waals surface area contributed by atoms with Crippen LogP contribution in [0.3, 0.4) is 0 Å². The minimum absolute atomic E-state index is 0.0206. The molecular weight excluding hydrogens is 595 g/mol. The lowest BCUT2D eigenvalue weighted by atomic mass is 9.85. The lowest BCUT2D eigenvalue weighted by Gasteiger charge is -2.35. The molecule has 1 aliphatic rings. The molecule has 3 rings (SSSR count). The van der Waals surface area contributed by atoms with Crippen LogP contribution in [0.25, 0.3) is 0 Å². The maximum atomic E-state index is 13.8. The van der Waals surface area contributed by atoms with Gasteiger partial charge in [-0.2, -0.15) is 44.6 Å². The van der Waals surface area contributed by atoms with Crippen molar-refractivity contribution in [3.8, 4) is 0 Å². The van der Waals surface area contributed by atoms with Gasteiger partial charge in [-0.1, -0.05) is 6.07 Å². The highest BCUT2D eigenvalue weighted by atomic mass is 19.4. The standard InChI is InChI=1S/C27H31F9N6O/c1-38-40-24(39-37)42(14-16-10-20(26(31,32)33)13-21(11-16)27(34,35)36)15-18-12-19(25(28,29)30)4-5-22(18)23(43-3)17-6-8-41(2)9-7-17/h4-5,10-13,17,23H,6-9,14-15,37H2,1-3H3. The monoisotopic (exact) mass is 626 g/mol. The summed E-state index contributed by atoms with van der Waals surface area (Å²) in [6, 6.07) is 4.05. The summed E-state index contributed by atoms with van der Waals surface area (Å²) in [4.78, 5) is 3.16. The number of azo groups is 1. The van der Waals surface area contributed by atoms with Gasteiger partial charge in [0.2, 0.25) is 0 Å². The van der Waals surface area contributed by atoms with E-state index in [1.165, 1.54) is 20.2 Å². The normalized spacial score (nSPS) is 17.1. The minimum Gasteiger partial charge on any atom is -0.376 e. The predicted octanol–water partition coefficient (Wildman–Crippen LogP) is 7.09. The van der Waals surface area contributed by atoms with Crippen LogP contribution < -0.4 is 5.84 Å². The topological polar surface area (TPSA) is 78.8 Å². The second-order valence-corrected chi connectivity index (χ2v) is 10.2. The highest BCUT2D eigenvalue weighted by Gasteiger charge is 2.38. The fourth-order valence-electron chi connectivity index (χ4n) is 5.10. The van der Waals surface area contributed by atoms with Crippen molar-refractivity contribution >= 4 is 5.96 Å². The van der Waals surface area contributed by atoms with Gasteiger partial charge < -0.3 is 20.4 Å². The van der Waals surface area contributed by atoms with Crippen LogP contribution in [0.15, 0.2) is 51.7 Å². The SMILES string of the molecule is CN=NC(=NN)N(Cc1cc(C(F)(F)F)cc(C(F)(F)F)c1)Cc1cc(C(F)(F)F)ccc1C(OC)C1CCN(C)CC1. The van der Waals surface area contributed by atoms with Crippen molar-refractivity contribution in [1.29, 1.82) is 0 Å². The van der Waals surface area contributed by atoms with Crippen molar-refractivity contribution in [2.75, 3.05) is 34.3 Å². The molecule has 7 nitrogen and oxygen atoms in total. The summed E-state index contributed by atoms with van der Waals surface area (Å²) < 4.78 is 128. The van der Waals surface area contributed by atoms with Gasteiger partial charge in [-0.15, -0.1) is 10.2 Å². The zero-order valence-corrected chi connectivity index (χ0v) is 23.5. The Morgan fingerprint density at radius 1 is 0.907 bits per heavy atom. The van der Waals surface area contributed by atoms with Gasteiger partial charge in [-0.3, -0.25) is 0 Å². The van der Waals surface area contributed by atoms with Crippen molar-refractivity contribution in [3.63, 3.8) is 0 Å². The van der Waals surface area contributed by atoms with Gasteiger partial charge in [0.25, 0.3) is 5.96 Å². The minimum atomic E-state index is -5.11. The van der Waals surface area contributed by atoms with E-state index in [1.807, 2.05) is 7.05 Å². The molecule has 0 spiro atoms. The molecule has 1 fully saturated rings. The summed E-state index contributed by atoms with van der Waals surface area (Å²) in [5.74, 6) is 4.95. The van der Waals surface area contributed by atoms with Crippen LogP contribution in [0.5, 0.6) is 0 Å². The van der Waals surface area contributed by atoms with Gasteiger partial charge >= 0.3 is 18.5 Å². The number of hydrazone groups is 1. The number of halogens is 9. The first-order chi connectivity index (χ1) is 20.0. The Hall–Kier alpha value is -3.40. The summed E-state index contributed by atoms with van der Waals surface area (Å²) >= 11 is 0. The molecule has 2 aromatic carbocycles. The first-order valence-electron chi connectivity index (χ1n) is 13.0. The molecule has 0 amide bonds. The zero-order valence-electron chi connectivity index (χ0n) is 23.5. The first-order valence-corrected chi connectivity index (χ1v) is 13.0.